The first-order valence-electron chi connectivity index (χ1n) is 5.20. The van der Waals surface area contributed by atoms with Gasteiger partial charge in [-0.1, -0.05) is 30.3 Å². The van der Waals surface area contributed by atoms with E-state index in [1.807, 2.05) is 48.5 Å². The largest absolute Gasteiger partial charge is 0.338 e. The predicted molar refractivity (Wildman–Crippen MR) is 73.2 cm³/mol. The van der Waals surface area contributed by atoms with Crippen LogP contribution in [0.4, 0.5) is 0 Å². The number of H-pyrrole nitrogens is 1. The summed E-state index contributed by atoms with van der Waals surface area (Å²) in [5.74, 6) is 0.886. The fraction of sp³-hybridized carbons (Fsp3) is 0. The van der Waals surface area contributed by atoms with Crippen LogP contribution in [0, 0.1) is 0 Å². The normalized spacial score (nSPS) is 10.9. The molecule has 0 unspecified atom stereocenters. The van der Waals surface area contributed by atoms with Gasteiger partial charge in [0.15, 0.2) is 0 Å². The van der Waals surface area contributed by atoms with Crippen molar-refractivity contribution in [3.05, 3.63) is 48.5 Å². The highest BCUT2D eigenvalue weighted by Crippen LogP contribution is 2.27. The lowest BCUT2D eigenvalue weighted by molar-refractivity contribution is 1.34. The third-order valence-electron chi connectivity index (χ3n) is 2.59. The number of benzene rings is 2. The van der Waals surface area contributed by atoms with Crippen LogP contribution < -0.4 is 0 Å². The number of halogens is 1. The van der Waals surface area contributed by atoms with Crippen molar-refractivity contribution in [1.29, 1.82) is 0 Å². The van der Waals surface area contributed by atoms with E-state index in [2.05, 4.69) is 9.97 Å². The molecule has 1 N–H and O–H groups in total. The lowest BCUT2D eigenvalue weighted by Crippen LogP contribution is -1.77. The van der Waals surface area contributed by atoms with E-state index in [1.54, 1.807) is 0 Å². The zero-order valence-electron chi connectivity index (χ0n) is 8.85. The molecule has 0 amide bonds. The molecule has 0 aliphatic heterocycles. The van der Waals surface area contributed by atoms with Gasteiger partial charge in [-0.15, -0.1) is 0 Å². The molecule has 0 radical (unpaired) electrons. The average Bonchev–Trinajstić information content (AvgIpc) is 2.82. The highest BCUT2D eigenvalue weighted by molar-refractivity contribution is 8.21. The molecule has 0 spiro atoms. The van der Waals surface area contributed by atoms with Crippen molar-refractivity contribution < 1.29 is 0 Å². The summed E-state index contributed by atoms with van der Waals surface area (Å²) in [6, 6.07) is 16.0. The van der Waals surface area contributed by atoms with E-state index >= 15 is 0 Å². The van der Waals surface area contributed by atoms with Crippen molar-refractivity contribution in [2.45, 2.75) is 4.90 Å². The molecule has 1 heterocycles. The third-order valence-corrected chi connectivity index (χ3v) is 3.56. The average molecular weight is 261 g/mol. The van der Waals surface area contributed by atoms with Gasteiger partial charge in [0.05, 0.1) is 11.0 Å². The second kappa shape index (κ2) is 4.43. The summed E-state index contributed by atoms with van der Waals surface area (Å²) < 4.78 is 0. The Hall–Kier alpha value is -1.45. The van der Waals surface area contributed by atoms with Gasteiger partial charge in [-0.3, -0.25) is 0 Å². The van der Waals surface area contributed by atoms with E-state index < -0.39 is 0 Å². The molecule has 0 fully saturated rings. The van der Waals surface area contributed by atoms with Gasteiger partial charge < -0.3 is 4.98 Å². The molecule has 0 saturated heterocycles. The summed E-state index contributed by atoms with van der Waals surface area (Å²) in [6.07, 6.45) is 0. The van der Waals surface area contributed by atoms with Crippen molar-refractivity contribution in [1.82, 2.24) is 9.97 Å². The van der Waals surface area contributed by atoms with Gasteiger partial charge in [0.25, 0.3) is 0 Å². The second-order valence-corrected chi connectivity index (χ2v) is 4.80. The molecule has 17 heavy (non-hydrogen) atoms. The molecule has 3 aromatic rings. The Bertz CT molecular complexity index is 649. The number of hydrogen-bond donors (Lipinski definition) is 1. The van der Waals surface area contributed by atoms with E-state index in [1.165, 1.54) is 11.0 Å². The predicted octanol–water partition coefficient (Wildman–Crippen LogP) is 4.48. The van der Waals surface area contributed by atoms with Gasteiger partial charge in [0.2, 0.25) is 0 Å². The number of aromatic amines is 1. The zero-order chi connectivity index (χ0) is 11.7. The van der Waals surface area contributed by atoms with Crippen LogP contribution in [-0.2, 0) is 0 Å². The highest BCUT2D eigenvalue weighted by Gasteiger charge is 2.05. The van der Waals surface area contributed by atoms with Gasteiger partial charge in [0.1, 0.15) is 5.82 Å². The lowest BCUT2D eigenvalue weighted by atomic mass is 10.2. The monoisotopic (exact) mass is 260 g/mol. The third kappa shape index (κ3) is 2.04. The molecule has 2 nitrogen and oxygen atoms in total. The Morgan fingerprint density at radius 1 is 1.06 bits per heavy atom. The highest BCUT2D eigenvalue weighted by atomic mass is 35.7. The number of aromatic nitrogens is 2. The Balaban J connectivity index is 2.14. The maximum atomic E-state index is 5.73. The van der Waals surface area contributed by atoms with E-state index in [0.29, 0.717) is 0 Å². The van der Waals surface area contributed by atoms with Crippen molar-refractivity contribution in [3.8, 4) is 11.4 Å². The van der Waals surface area contributed by atoms with Crippen molar-refractivity contribution in [3.63, 3.8) is 0 Å². The van der Waals surface area contributed by atoms with Crippen LogP contribution in [0.5, 0.6) is 0 Å². The topological polar surface area (TPSA) is 28.7 Å². The summed E-state index contributed by atoms with van der Waals surface area (Å²) in [4.78, 5) is 8.87. The molecule has 4 heteroatoms. The summed E-state index contributed by atoms with van der Waals surface area (Å²) in [5.41, 5.74) is 3.05. The first kappa shape index (κ1) is 10.7. The number of hydrogen-bond acceptors (Lipinski definition) is 2. The Morgan fingerprint density at radius 2 is 1.88 bits per heavy atom. The summed E-state index contributed by atoms with van der Waals surface area (Å²) in [5, 5.41) is 0. The minimum absolute atomic E-state index is 0.886. The maximum absolute atomic E-state index is 5.73. The van der Waals surface area contributed by atoms with Crippen LogP contribution in [0.1, 0.15) is 0 Å². The smallest absolute Gasteiger partial charge is 0.138 e. The fourth-order valence-corrected chi connectivity index (χ4v) is 2.34. The molecule has 0 saturated carbocycles. The van der Waals surface area contributed by atoms with Gasteiger partial charge in [-0.2, -0.15) is 0 Å². The standard InChI is InChI=1S/C13H9ClN2S/c14-17-10-6-7-11-12(8-10)16-13(15-11)9-4-2-1-3-5-9/h1-8H,(H,15,16). The summed E-state index contributed by atoms with van der Waals surface area (Å²) >= 11 is 0. The van der Waals surface area contributed by atoms with Crippen LogP contribution in [0.25, 0.3) is 22.4 Å². The van der Waals surface area contributed by atoms with E-state index in [9.17, 15) is 0 Å². The fourth-order valence-electron chi connectivity index (χ4n) is 1.77. The number of fused-ring (bicyclic) bond motifs is 1. The molecule has 0 atom stereocenters. The number of nitrogens with zero attached hydrogens (tertiary/aromatic N) is 1. The molecule has 0 aliphatic rings. The first-order chi connectivity index (χ1) is 8.36. The van der Waals surface area contributed by atoms with E-state index in [0.717, 1.165) is 27.3 Å². The zero-order valence-corrected chi connectivity index (χ0v) is 10.4. The summed E-state index contributed by atoms with van der Waals surface area (Å²) in [6.45, 7) is 0. The molecule has 2 aromatic carbocycles. The molecule has 0 bridgehead atoms. The van der Waals surface area contributed by atoms with E-state index in [-0.39, 0.29) is 0 Å². The molecular formula is C13H9ClN2S. The summed E-state index contributed by atoms with van der Waals surface area (Å²) in [7, 11) is 6.95. The van der Waals surface area contributed by atoms with Crippen molar-refractivity contribution >= 4 is 32.7 Å². The Morgan fingerprint density at radius 3 is 2.65 bits per heavy atom. The Kier molecular flexibility index (Phi) is 2.79. The van der Waals surface area contributed by atoms with Gasteiger partial charge in [-0.25, -0.2) is 4.98 Å². The van der Waals surface area contributed by atoms with Crippen LogP contribution in [-0.4, -0.2) is 9.97 Å². The molecule has 1 aromatic heterocycles. The molecular weight excluding hydrogens is 252 g/mol. The minimum Gasteiger partial charge on any atom is -0.338 e. The number of imidazole rings is 1. The van der Waals surface area contributed by atoms with Crippen molar-refractivity contribution in [2.75, 3.05) is 0 Å². The minimum atomic E-state index is 0.886. The van der Waals surface area contributed by atoms with Crippen molar-refractivity contribution in [2.24, 2.45) is 0 Å². The second-order valence-electron chi connectivity index (χ2n) is 3.71. The van der Waals surface area contributed by atoms with E-state index in [4.69, 9.17) is 10.7 Å². The molecule has 0 aliphatic carbocycles. The van der Waals surface area contributed by atoms with Gasteiger partial charge in [-0.05, 0) is 39.9 Å². The SMILES string of the molecule is ClSc1ccc2nc(-c3ccccc3)[nH]c2c1. The maximum Gasteiger partial charge on any atom is 0.138 e. The van der Waals surface area contributed by atoms with Gasteiger partial charge in [0, 0.05) is 10.5 Å². The number of nitrogens with one attached hydrogen (secondary N) is 1. The molecule has 84 valence electrons. The lowest BCUT2D eigenvalue weighted by Gasteiger charge is -1.93. The number of rotatable bonds is 2. The molecule has 3 rings (SSSR count). The Labute approximate surface area is 108 Å². The van der Waals surface area contributed by atoms with Crippen LogP contribution in [0.2, 0.25) is 0 Å². The van der Waals surface area contributed by atoms with Crippen LogP contribution in [0.15, 0.2) is 53.4 Å². The van der Waals surface area contributed by atoms with Crippen LogP contribution >= 0.6 is 21.7 Å². The first-order valence-corrected chi connectivity index (χ1v) is 6.85. The quantitative estimate of drug-likeness (QED) is 0.736. The van der Waals surface area contributed by atoms with Gasteiger partial charge >= 0.3 is 0 Å². The van der Waals surface area contributed by atoms with Crippen LogP contribution in [0.3, 0.4) is 0 Å².